The molecule has 0 aliphatic carbocycles. The van der Waals surface area contributed by atoms with Gasteiger partial charge < -0.3 is 19.4 Å². The molecule has 1 aliphatic heterocycles. The molecule has 1 N–H and O–H groups in total. The summed E-state index contributed by atoms with van der Waals surface area (Å²) in [5.74, 6) is 1.84. The molecule has 26 heavy (non-hydrogen) atoms. The molecule has 1 amide bonds. The van der Waals surface area contributed by atoms with Gasteiger partial charge in [-0.25, -0.2) is 9.97 Å². The Bertz CT molecular complexity index is 759. The maximum Gasteiger partial charge on any atom is 0.231 e. The maximum absolute atomic E-state index is 12.5. The molecule has 3 heterocycles. The molecule has 0 radical (unpaired) electrons. The lowest BCUT2D eigenvalue weighted by Crippen LogP contribution is -2.43. The molecular formula is C19H28N4O3. The number of hydrogen-bond donors (Lipinski definition) is 1. The van der Waals surface area contributed by atoms with E-state index in [2.05, 4.69) is 20.2 Å². The molecule has 1 fully saturated rings. The summed E-state index contributed by atoms with van der Waals surface area (Å²) in [6, 6.07) is 0. The van der Waals surface area contributed by atoms with Gasteiger partial charge in [0, 0.05) is 38.4 Å². The number of nitrogens with one attached hydrogen (secondary N) is 1. The molecule has 7 heteroatoms. The summed E-state index contributed by atoms with van der Waals surface area (Å²) in [5, 5.41) is 4.00. The minimum absolute atomic E-state index is 0.0193. The van der Waals surface area contributed by atoms with Crippen LogP contribution < -0.4 is 10.2 Å². The fraction of sp³-hybridized carbons (Fsp3) is 0.632. The van der Waals surface area contributed by atoms with E-state index in [0.717, 1.165) is 48.3 Å². The Labute approximate surface area is 154 Å². The Hall–Kier alpha value is -2.15. The highest BCUT2D eigenvalue weighted by Crippen LogP contribution is 2.32. The molecule has 2 aromatic heterocycles. The van der Waals surface area contributed by atoms with Gasteiger partial charge in [-0.3, -0.25) is 4.79 Å². The summed E-state index contributed by atoms with van der Waals surface area (Å²) in [5.41, 5.74) is 1.69. The zero-order valence-electron chi connectivity index (χ0n) is 15.9. The van der Waals surface area contributed by atoms with Crippen LogP contribution in [0.25, 0.3) is 11.1 Å². The van der Waals surface area contributed by atoms with E-state index in [1.165, 1.54) is 6.33 Å². The number of rotatable bonds is 7. The summed E-state index contributed by atoms with van der Waals surface area (Å²) in [4.78, 5) is 23.4. The number of piperidine rings is 1. The summed E-state index contributed by atoms with van der Waals surface area (Å²) in [7, 11) is 0. The largest absolute Gasteiger partial charge is 0.443 e. The number of fused-ring (bicyclic) bond motifs is 1. The lowest BCUT2D eigenvalue weighted by molar-refractivity contribution is -0.125. The maximum atomic E-state index is 12.5. The van der Waals surface area contributed by atoms with Crippen LogP contribution in [0.3, 0.4) is 0 Å². The topological polar surface area (TPSA) is 80.5 Å². The van der Waals surface area contributed by atoms with Crippen molar-refractivity contribution >= 4 is 22.8 Å². The highest BCUT2D eigenvalue weighted by Gasteiger charge is 2.28. The second-order valence-corrected chi connectivity index (χ2v) is 6.79. The second kappa shape index (κ2) is 8.49. The Morgan fingerprint density at radius 2 is 2.27 bits per heavy atom. The number of nitrogens with zero attached hydrogens (tertiary/aromatic N) is 3. The normalized spacial score (nSPS) is 17.7. The van der Waals surface area contributed by atoms with Crippen molar-refractivity contribution in [3.8, 4) is 0 Å². The van der Waals surface area contributed by atoms with Gasteiger partial charge in [-0.1, -0.05) is 0 Å². The number of amides is 1. The fourth-order valence-electron chi connectivity index (χ4n) is 3.46. The summed E-state index contributed by atoms with van der Waals surface area (Å²) in [6.45, 7) is 9.57. The number of aromatic nitrogens is 2. The first-order valence-electron chi connectivity index (χ1n) is 9.43. The van der Waals surface area contributed by atoms with Gasteiger partial charge >= 0.3 is 0 Å². The van der Waals surface area contributed by atoms with Gasteiger partial charge in [0.05, 0.1) is 11.3 Å². The van der Waals surface area contributed by atoms with Crippen LogP contribution in [0, 0.1) is 19.8 Å². The first-order chi connectivity index (χ1) is 12.6. The van der Waals surface area contributed by atoms with Crippen LogP contribution in [0.1, 0.15) is 37.5 Å². The van der Waals surface area contributed by atoms with Gasteiger partial charge in [0.2, 0.25) is 11.6 Å². The van der Waals surface area contributed by atoms with E-state index in [1.54, 1.807) is 0 Å². The van der Waals surface area contributed by atoms with Crippen molar-refractivity contribution in [1.29, 1.82) is 0 Å². The van der Waals surface area contributed by atoms with Crippen LogP contribution in [-0.2, 0) is 9.53 Å². The van der Waals surface area contributed by atoms with Crippen molar-refractivity contribution < 1.29 is 13.9 Å². The van der Waals surface area contributed by atoms with E-state index in [4.69, 9.17) is 9.15 Å². The van der Waals surface area contributed by atoms with E-state index in [9.17, 15) is 4.79 Å². The molecule has 0 bridgehead atoms. The summed E-state index contributed by atoms with van der Waals surface area (Å²) in [6.07, 6.45) is 4.26. The smallest absolute Gasteiger partial charge is 0.231 e. The first-order valence-corrected chi connectivity index (χ1v) is 9.43. The highest BCUT2D eigenvalue weighted by atomic mass is 16.5. The summed E-state index contributed by atoms with van der Waals surface area (Å²) < 4.78 is 11.0. The molecule has 142 valence electrons. The molecule has 0 aromatic carbocycles. The lowest BCUT2D eigenvalue weighted by atomic mass is 9.96. The van der Waals surface area contributed by atoms with Gasteiger partial charge in [-0.15, -0.1) is 0 Å². The summed E-state index contributed by atoms with van der Waals surface area (Å²) >= 11 is 0. The van der Waals surface area contributed by atoms with Crippen molar-refractivity contribution in [3.63, 3.8) is 0 Å². The number of anilines is 1. The third-order valence-electron chi connectivity index (χ3n) is 5.01. The SMILES string of the molecule is CCOCCCNC(=O)C1CCCN(c2ncnc3oc(C)c(C)c23)C1. The minimum Gasteiger partial charge on any atom is -0.443 e. The van der Waals surface area contributed by atoms with Crippen LogP contribution in [0.5, 0.6) is 0 Å². The number of carbonyl (C=O) groups excluding carboxylic acids is 1. The predicted molar refractivity (Wildman–Crippen MR) is 100 cm³/mol. The van der Waals surface area contributed by atoms with Crippen molar-refractivity contribution in [2.45, 2.75) is 40.0 Å². The van der Waals surface area contributed by atoms with Crippen molar-refractivity contribution in [2.75, 3.05) is 37.7 Å². The van der Waals surface area contributed by atoms with E-state index >= 15 is 0 Å². The van der Waals surface area contributed by atoms with E-state index in [0.29, 0.717) is 32.0 Å². The van der Waals surface area contributed by atoms with Crippen LogP contribution >= 0.6 is 0 Å². The molecule has 7 nitrogen and oxygen atoms in total. The average molecular weight is 360 g/mol. The van der Waals surface area contributed by atoms with E-state index in [1.807, 2.05) is 20.8 Å². The standard InChI is InChI=1S/C19H28N4O3/c1-4-25-10-6-8-20-18(24)15-7-5-9-23(11-15)17-16-13(2)14(3)26-19(16)22-12-21-17/h12,15H,4-11H2,1-3H3,(H,20,24). The average Bonchev–Trinajstić information content (AvgIpc) is 2.95. The Morgan fingerprint density at radius 3 is 3.08 bits per heavy atom. The minimum atomic E-state index is -0.0193. The first kappa shape index (κ1) is 18.6. The lowest BCUT2D eigenvalue weighted by Gasteiger charge is -2.33. The van der Waals surface area contributed by atoms with E-state index < -0.39 is 0 Å². The number of ether oxygens (including phenoxy) is 1. The molecule has 1 unspecified atom stereocenters. The number of furan rings is 1. The fourth-order valence-corrected chi connectivity index (χ4v) is 3.46. The van der Waals surface area contributed by atoms with Gasteiger partial charge in [0.15, 0.2) is 0 Å². The van der Waals surface area contributed by atoms with Crippen LogP contribution in [0.4, 0.5) is 5.82 Å². The van der Waals surface area contributed by atoms with Gasteiger partial charge in [-0.2, -0.15) is 0 Å². The zero-order chi connectivity index (χ0) is 18.5. The Kier molecular flexibility index (Phi) is 6.08. The second-order valence-electron chi connectivity index (χ2n) is 6.79. The highest BCUT2D eigenvalue weighted by molar-refractivity contribution is 5.90. The number of hydrogen-bond acceptors (Lipinski definition) is 6. The van der Waals surface area contributed by atoms with Gasteiger partial charge in [0.25, 0.3) is 0 Å². The van der Waals surface area contributed by atoms with Gasteiger partial charge in [-0.05, 0) is 40.0 Å². The zero-order valence-corrected chi connectivity index (χ0v) is 15.9. The monoisotopic (exact) mass is 360 g/mol. The van der Waals surface area contributed by atoms with Crippen LogP contribution in [0.2, 0.25) is 0 Å². The van der Waals surface area contributed by atoms with Crippen molar-refractivity contribution in [2.24, 2.45) is 5.92 Å². The molecule has 2 aromatic rings. The molecular weight excluding hydrogens is 332 g/mol. The third kappa shape index (κ3) is 3.98. The molecule has 0 saturated carbocycles. The molecule has 1 aliphatic rings. The third-order valence-corrected chi connectivity index (χ3v) is 5.01. The number of aryl methyl sites for hydroxylation is 2. The molecule has 1 saturated heterocycles. The predicted octanol–water partition coefficient (Wildman–Crippen LogP) is 2.60. The quantitative estimate of drug-likeness (QED) is 0.765. The Balaban J connectivity index is 1.66. The number of carbonyl (C=O) groups is 1. The van der Waals surface area contributed by atoms with Crippen LogP contribution in [0.15, 0.2) is 10.7 Å². The molecule has 3 rings (SSSR count). The molecule has 0 spiro atoms. The molecule has 1 atom stereocenters. The van der Waals surface area contributed by atoms with Crippen molar-refractivity contribution in [1.82, 2.24) is 15.3 Å². The van der Waals surface area contributed by atoms with Crippen molar-refractivity contribution in [3.05, 3.63) is 17.7 Å². The van der Waals surface area contributed by atoms with Crippen LogP contribution in [-0.4, -0.2) is 48.7 Å². The van der Waals surface area contributed by atoms with E-state index in [-0.39, 0.29) is 11.8 Å². The Morgan fingerprint density at radius 1 is 1.42 bits per heavy atom. The van der Waals surface area contributed by atoms with Gasteiger partial charge in [0.1, 0.15) is 17.9 Å².